The normalized spacial score (nSPS) is 11.1. The van der Waals surface area contributed by atoms with Crippen LogP contribution in [-0.2, 0) is 16.1 Å². The van der Waals surface area contributed by atoms with E-state index >= 15 is 0 Å². The van der Waals surface area contributed by atoms with Crippen molar-refractivity contribution in [1.29, 1.82) is 0 Å². The number of hydrogen-bond acceptors (Lipinski definition) is 4. The van der Waals surface area contributed by atoms with E-state index in [2.05, 4.69) is 15.6 Å². The molecule has 0 bridgehead atoms. The van der Waals surface area contributed by atoms with Gasteiger partial charge in [-0.1, -0.05) is 5.21 Å². The minimum atomic E-state index is -1.25. The highest BCUT2D eigenvalue weighted by atomic mass is 16.4. The average molecular weight is 226 g/mol. The van der Waals surface area contributed by atoms with Gasteiger partial charge in [0.2, 0.25) is 5.91 Å². The van der Waals surface area contributed by atoms with Gasteiger partial charge in [-0.25, -0.2) is 4.79 Å². The minimum Gasteiger partial charge on any atom is -0.480 e. The number of aryl methyl sites for hydroxylation is 1. The molecule has 0 radical (unpaired) electrons. The summed E-state index contributed by atoms with van der Waals surface area (Å²) in [6.45, 7) is 3.24. The summed E-state index contributed by atoms with van der Waals surface area (Å²) in [7, 11) is 0. The Hall–Kier alpha value is -1.92. The Kier molecular flexibility index (Phi) is 3.60. The first-order chi connectivity index (χ1) is 7.42. The van der Waals surface area contributed by atoms with E-state index < -0.39 is 11.5 Å². The van der Waals surface area contributed by atoms with E-state index in [1.807, 2.05) is 0 Å². The number of carbonyl (C=O) groups is 2. The van der Waals surface area contributed by atoms with Gasteiger partial charge in [-0.2, -0.15) is 0 Å². The molecule has 1 aromatic rings. The smallest absolute Gasteiger partial charge is 0.328 e. The maximum Gasteiger partial charge on any atom is 0.328 e. The molecule has 0 unspecified atom stereocenters. The summed E-state index contributed by atoms with van der Waals surface area (Å²) < 4.78 is 1.51. The number of nitrogens with zero attached hydrogens (tertiary/aromatic N) is 3. The Morgan fingerprint density at radius 2 is 2.19 bits per heavy atom. The lowest BCUT2D eigenvalue weighted by Gasteiger charge is -2.20. The van der Waals surface area contributed by atoms with Crippen LogP contribution in [0.15, 0.2) is 12.4 Å². The predicted octanol–water partition coefficient (Wildman–Crippen LogP) is -0.352. The number of carbonyl (C=O) groups excluding carboxylic acids is 1. The third-order valence-electron chi connectivity index (χ3n) is 2.03. The van der Waals surface area contributed by atoms with E-state index in [-0.39, 0.29) is 12.3 Å². The third-order valence-corrected chi connectivity index (χ3v) is 2.03. The maximum absolute atomic E-state index is 11.4. The molecule has 0 spiro atoms. The molecule has 1 heterocycles. The first-order valence-electron chi connectivity index (χ1n) is 4.80. The van der Waals surface area contributed by atoms with Crippen LogP contribution in [0.4, 0.5) is 0 Å². The molecule has 88 valence electrons. The van der Waals surface area contributed by atoms with E-state index in [0.717, 1.165) is 0 Å². The summed E-state index contributed by atoms with van der Waals surface area (Å²) in [6, 6.07) is 0. The Morgan fingerprint density at radius 3 is 2.69 bits per heavy atom. The number of nitrogens with one attached hydrogen (secondary N) is 1. The Labute approximate surface area is 92.4 Å². The fraction of sp³-hybridized carbons (Fsp3) is 0.556. The number of carboxylic acid groups (broad SMARTS) is 1. The minimum absolute atomic E-state index is 0.167. The van der Waals surface area contributed by atoms with Crippen molar-refractivity contribution >= 4 is 11.9 Å². The molecule has 0 aliphatic carbocycles. The van der Waals surface area contributed by atoms with Crippen LogP contribution in [0.3, 0.4) is 0 Å². The van der Waals surface area contributed by atoms with Crippen molar-refractivity contribution < 1.29 is 14.7 Å². The van der Waals surface area contributed by atoms with Crippen molar-refractivity contribution in [3.8, 4) is 0 Å². The second kappa shape index (κ2) is 4.73. The summed E-state index contributed by atoms with van der Waals surface area (Å²) in [5.41, 5.74) is -1.25. The highest BCUT2D eigenvalue weighted by molar-refractivity contribution is 5.86. The third kappa shape index (κ3) is 3.34. The topological polar surface area (TPSA) is 97.1 Å². The van der Waals surface area contributed by atoms with Crippen LogP contribution in [0.25, 0.3) is 0 Å². The second-order valence-electron chi connectivity index (χ2n) is 3.89. The molecular weight excluding hydrogens is 212 g/mol. The van der Waals surface area contributed by atoms with Crippen LogP contribution in [0.1, 0.15) is 20.3 Å². The standard InChI is InChI=1S/C9H14N4O3/c1-9(2,8(15)16)11-7(14)3-5-13-6-4-10-12-13/h4,6H,3,5H2,1-2H3,(H,11,14)(H,15,16). The first-order valence-corrected chi connectivity index (χ1v) is 4.80. The van der Waals surface area contributed by atoms with Gasteiger partial charge in [0.25, 0.3) is 0 Å². The summed E-state index contributed by atoms with van der Waals surface area (Å²) in [6.07, 6.45) is 3.31. The molecule has 7 nitrogen and oxygen atoms in total. The van der Waals surface area contributed by atoms with Crippen LogP contribution in [0.2, 0.25) is 0 Å². The number of carboxylic acids is 1. The zero-order valence-electron chi connectivity index (χ0n) is 9.17. The molecule has 0 atom stereocenters. The number of amides is 1. The molecule has 0 aromatic carbocycles. The van der Waals surface area contributed by atoms with E-state index in [1.54, 1.807) is 6.20 Å². The van der Waals surface area contributed by atoms with Crippen molar-refractivity contribution in [3.05, 3.63) is 12.4 Å². The fourth-order valence-corrected chi connectivity index (χ4v) is 1.03. The van der Waals surface area contributed by atoms with E-state index in [9.17, 15) is 9.59 Å². The highest BCUT2D eigenvalue weighted by Crippen LogP contribution is 2.02. The Morgan fingerprint density at radius 1 is 1.50 bits per heavy atom. The quantitative estimate of drug-likeness (QED) is 0.715. The van der Waals surface area contributed by atoms with Gasteiger partial charge in [0, 0.05) is 12.6 Å². The van der Waals surface area contributed by atoms with Crippen molar-refractivity contribution in [2.45, 2.75) is 32.4 Å². The van der Waals surface area contributed by atoms with E-state index in [0.29, 0.717) is 6.54 Å². The van der Waals surface area contributed by atoms with Gasteiger partial charge in [-0.3, -0.25) is 9.48 Å². The maximum atomic E-state index is 11.4. The van der Waals surface area contributed by atoms with Gasteiger partial charge in [0.15, 0.2) is 0 Å². The monoisotopic (exact) mass is 226 g/mol. The van der Waals surface area contributed by atoms with Gasteiger partial charge in [0.05, 0.1) is 12.7 Å². The summed E-state index contributed by atoms with van der Waals surface area (Å²) >= 11 is 0. The van der Waals surface area contributed by atoms with Gasteiger partial charge in [0.1, 0.15) is 5.54 Å². The van der Waals surface area contributed by atoms with Gasteiger partial charge in [-0.15, -0.1) is 5.10 Å². The molecule has 0 saturated heterocycles. The zero-order valence-corrected chi connectivity index (χ0v) is 9.17. The van der Waals surface area contributed by atoms with Crippen LogP contribution >= 0.6 is 0 Å². The molecule has 2 N–H and O–H groups in total. The first kappa shape index (κ1) is 12.2. The molecule has 1 aromatic heterocycles. The Bertz CT molecular complexity index is 372. The predicted molar refractivity (Wildman–Crippen MR) is 54.5 cm³/mol. The van der Waals surface area contributed by atoms with Crippen molar-refractivity contribution in [2.75, 3.05) is 0 Å². The summed E-state index contributed by atoms with van der Waals surface area (Å²) in [5.74, 6) is -1.40. The number of hydrogen-bond donors (Lipinski definition) is 2. The summed E-state index contributed by atoms with van der Waals surface area (Å²) in [4.78, 5) is 22.2. The van der Waals surface area contributed by atoms with Crippen molar-refractivity contribution in [1.82, 2.24) is 20.3 Å². The molecule has 0 fully saturated rings. The molecule has 0 saturated carbocycles. The molecule has 16 heavy (non-hydrogen) atoms. The number of aromatic nitrogens is 3. The second-order valence-corrected chi connectivity index (χ2v) is 3.89. The highest BCUT2D eigenvalue weighted by Gasteiger charge is 2.28. The SMILES string of the molecule is CC(C)(NC(=O)CCn1ccnn1)C(=O)O. The van der Waals surface area contributed by atoms with Crippen molar-refractivity contribution in [3.63, 3.8) is 0 Å². The lowest BCUT2D eigenvalue weighted by atomic mass is 10.1. The van der Waals surface area contributed by atoms with Gasteiger partial charge in [-0.05, 0) is 13.8 Å². The number of aliphatic carboxylic acids is 1. The largest absolute Gasteiger partial charge is 0.480 e. The lowest BCUT2D eigenvalue weighted by molar-refractivity contribution is -0.146. The van der Waals surface area contributed by atoms with Crippen LogP contribution in [0, 0.1) is 0 Å². The van der Waals surface area contributed by atoms with Crippen LogP contribution in [0.5, 0.6) is 0 Å². The molecular formula is C9H14N4O3. The zero-order chi connectivity index (χ0) is 12.2. The fourth-order valence-electron chi connectivity index (χ4n) is 1.03. The Balaban J connectivity index is 2.39. The van der Waals surface area contributed by atoms with Gasteiger partial charge >= 0.3 is 5.97 Å². The van der Waals surface area contributed by atoms with E-state index in [1.165, 1.54) is 24.7 Å². The van der Waals surface area contributed by atoms with Crippen LogP contribution < -0.4 is 5.32 Å². The molecule has 7 heteroatoms. The lowest BCUT2D eigenvalue weighted by Crippen LogP contribution is -2.49. The van der Waals surface area contributed by atoms with Crippen LogP contribution in [-0.4, -0.2) is 37.5 Å². The average Bonchev–Trinajstić information content (AvgIpc) is 2.66. The molecule has 1 amide bonds. The van der Waals surface area contributed by atoms with Gasteiger partial charge < -0.3 is 10.4 Å². The number of rotatable bonds is 5. The van der Waals surface area contributed by atoms with E-state index in [4.69, 9.17) is 5.11 Å². The molecule has 0 aliphatic rings. The van der Waals surface area contributed by atoms with Crippen molar-refractivity contribution in [2.24, 2.45) is 0 Å². The molecule has 0 aliphatic heterocycles. The summed E-state index contributed by atoms with van der Waals surface area (Å²) in [5, 5.41) is 18.5. The molecule has 1 rings (SSSR count).